The summed E-state index contributed by atoms with van der Waals surface area (Å²) >= 11 is 0. The van der Waals surface area contributed by atoms with Crippen molar-refractivity contribution in [2.24, 2.45) is 0 Å². The van der Waals surface area contributed by atoms with Gasteiger partial charge < -0.3 is 9.64 Å². The lowest BCUT2D eigenvalue weighted by atomic mass is 10.3. The Morgan fingerprint density at radius 3 is 2.24 bits per heavy atom. The number of hydrogen-bond acceptors (Lipinski definition) is 8. The van der Waals surface area contributed by atoms with Crippen molar-refractivity contribution in [1.82, 2.24) is 24.5 Å². The van der Waals surface area contributed by atoms with Crippen molar-refractivity contribution in [1.29, 1.82) is 0 Å². The minimum absolute atomic E-state index is 0.0142. The summed E-state index contributed by atoms with van der Waals surface area (Å²) in [6.07, 6.45) is -2.94. The zero-order valence-corrected chi connectivity index (χ0v) is 18.0. The smallest absolute Gasteiger partial charge is 0.296 e. The fourth-order valence-electron chi connectivity index (χ4n) is 3.57. The number of morpholine rings is 1. The molecule has 9 nitrogen and oxygen atoms in total. The predicted molar refractivity (Wildman–Crippen MR) is 114 cm³/mol. The van der Waals surface area contributed by atoms with Gasteiger partial charge in [-0.2, -0.15) is 15.0 Å². The molecule has 3 heterocycles. The van der Waals surface area contributed by atoms with Gasteiger partial charge in [0, 0.05) is 13.1 Å². The van der Waals surface area contributed by atoms with E-state index in [0.29, 0.717) is 37.3 Å². The summed E-state index contributed by atoms with van der Waals surface area (Å²) in [7, 11) is -4.14. The van der Waals surface area contributed by atoms with Crippen molar-refractivity contribution in [3.63, 3.8) is 0 Å². The van der Waals surface area contributed by atoms with Gasteiger partial charge in [-0.3, -0.25) is 4.57 Å². The second kappa shape index (κ2) is 8.45. The van der Waals surface area contributed by atoms with Gasteiger partial charge in [-0.15, -0.1) is 0 Å². The van der Waals surface area contributed by atoms with Gasteiger partial charge in [0.15, 0.2) is 5.82 Å². The third-order valence-electron chi connectivity index (χ3n) is 5.16. The molecule has 0 bridgehead atoms. The fraction of sp³-hybridized carbons (Fsp3) is 0.238. The number of aromatic nitrogens is 5. The van der Waals surface area contributed by atoms with Crippen molar-refractivity contribution >= 4 is 26.8 Å². The lowest BCUT2D eigenvalue weighted by Crippen LogP contribution is -2.38. The lowest BCUT2D eigenvalue weighted by molar-refractivity contribution is 0.122. The normalized spacial score (nSPS) is 14.8. The highest BCUT2D eigenvalue weighted by molar-refractivity contribution is 7.91. The van der Waals surface area contributed by atoms with E-state index in [-0.39, 0.29) is 16.8 Å². The van der Waals surface area contributed by atoms with Gasteiger partial charge in [0.05, 0.1) is 29.1 Å². The molecule has 0 unspecified atom stereocenters. The number of imidazole rings is 1. The molecule has 4 aromatic rings. The number of rotatable bonds is 5. The monoisotopic (exact) mass is 472 g/mol. The molecule has 0 amide bonds. The first-order valence-corrected chi connectivity index (χ1v) is 11.6. The average Bonchev–Trinajstić information content (AvgIpc) is 3.25. The third-order valence-corrected chi connectivity index (χ3v) is 6.72. The van der Waals surface area contributed by atoms with Crippen molar-refractivity contribution in [2.75, 3.05) is 31.2 Å². The highest BCUT2D eigenvalue weighted by Crippen LogP contribution is 2.28. The van der Waals surface area contributed by atoms with Crippen LogP contribution in [0.15, 0.2) is 64.6 Å². The standard InChI is InChI=1S/C21H18F2N6O3S/c22-17(23)18-24-15-8-4-5-9-16(15)29(18)20-25-19(28-10-12-32-13-11-28)26-21(27-20)33(30,31)14-6-2-1-3-7-14/h1-9,17H,10-13H2. The minimum Gasteiger partial charge on any atom is -0.378 e. The fourth-order valence-corrected chi connectivity index (χ4v) is 4.70. The van der Waals surface area contributed by atoms with E-state index in [4.69, 9.17) is 4.74 Å². The molecule has 1 fully saturated rings. The topological polar surface area (TPSA) is 103 Å². The zero-order valence-electron chi connectivity index (χ0n) is 17.2. The van der Waals surface area contributed by atoms with Crippen molar-refractivity contribution < 1.29 is 21.9 Å². The molecule has 1 aliphatic rings. The van der Waals surface area contributed by atoms with Gasteiger partial charge in [-0.05, 0) is 24.3 Å². The van der Waals surface area contributed by atoms with Gasteiger partial charge in [0.1, 0.15) is 0 Å². The summed E-state index contributed by atoms with van der Waals surface area (Å²) in [5, 5.41) is -0.529. The average molecular weight is 472 g/mol. The number of alkyl halides is 2. The van der Waals surface area contributed by atoms with Crippen molar-refractivity contribution in [3.05, 3.63) is 60.4 Å². The van der Waals surface area contributed by atoms with Gasteiger partial charge in [-0.1, -0.05) is 30.3 Å². The third kappa shape index (κ3) is 3.91. The Morgan fingerprint density at radius 1 is 0.848 bits per heavy atom. The number of anilines is 1. The van der Waals surface area contributed by atoms with Gasteiger partial charge in [0.2, 0.25) is 21.7 Å². The molecular formula is C21H18F2N6O3S. The molecule has 170 valence electrons. The summed E-state index contributed by atoms with van der Waals surface area (Å²) in [4.78, 5) is 18.4. The number of hydrogen-bond donors (Lipinski definition) is 0. The minimum atomic E-state index is -4.14. The van der Waals surface area contributed by atoms with Crippen LogP contribution in [0.5, 0.6) is 0 Å². The number of fused-ring (bicyclic) bond motifs is 1. The molecule has 0 aliphatic carbocycles. The molecule has 2 aromatic heterocycles. The molecule has 0 atom stereocenters. The second-order valence-electron chi connectivity index (χ2n) is 7.23. The Hall–Kier alpha value is -3.51. The summed E-state index contributed by atoms with van der Waals surface area (Å²) in [6.45, 7) is 1.64. The van der Waals surface area contributed by atoms with E-state index in [0.717, 1.165) is 4.57 Å². The SMILES string of the molecule is O=S(=O)(c1ccccc1)c1nc(N2CCOCC2)nc(-n2c(C(F)F)nc3ccccc32)n1. The van der Waals surface area contributed by atoms with E-state index < -0.39 is 27.2 Å². The van der Waals surface area contributed by atoms with E-state index in [1.807, 2.05) is 0 Å². The van der Waals surface area contributed by atoms with Crippen molar-refractivity contribution in [2.45, 2.75) is 16.5 Å². The lowest BCUT2D eigenvalue weighted by Gasteiger charge is -2.27. The van der Waals surface area contributed by atoms with E-state index in [2.05, 4.69) is 19.9 Å². The predicted octanol–water partition coefficient (Wildman–Crippen LogP) is 2.82. The van der Waals surface area contributed by atoms with Gasteiger partial charge >= 0.3 is 0 Å². The van der Waals surface area contributed by atoms with E-state index in [9.17, 15) is 17.2 Å². The van der Waals surface area contributed by atoms with E-state index in [1.165, 1.54) is 12.1 Å². The maximum Gasteiger partial charge on any atom is 0.296 e. The van der Waals surface area contributed by atoms with Crippen LogP contribution in [0.2, 0.25) is 0 Å². The highest BCUT2D eigenvalue weighted by Gasteiger charge is 2.28. The van der Waals surface area contributed by atoms with Crippen LogP contribution in [-0.2, 0) is 14.6 Å². The first-order valence-electron chi connectivity index (χ1n) is 10.1. The number of halogens is 2. The number of sulfone groups is 1. The Morgan fingerprint density at radius 2 is 1.52 bits per heavy atom. The summed E-state index contributed by atoms with van der Waals surface area (Å²) in [6, 6.07) is 14.2. The summed E-state index contributed by atoms with van der Waals surface area (Å²) in [5.41, 5.74) is 0.642. The Bertz CT molecular complexity index is 1410. The maximum absolute atomic E-state index is 13.9. The summed E-state index contributed by atoms with van der Waals surface area (Å²) < 4.78 is 60.9. The molecule has 0 saturated carbocycles. The molecule has 0 spiro atoms. The van der Waals surface area contributed by atoms with E-state index >= 15 is 0 Å². The Labute approximate surface area is 187 Å². The van der Waals surface area contributed by atoms with Crippen LogP contribution in [0.1, 0.15) is 12.2 Å². The molecule has 12 heteroatoms. The molecule has 0 N–H and O–H groups in total. The first kappa shape index (κ1) is 21.3. The van der Waals surface area contributed by atoms with Gasteiger partial charge in [-0.25, -0.2) is 22.2 Å². The van der Waals surface area contributed by atoms with Crippen LogP contribution in [0.25, 0.3) is 17.0 Å². The van der Waals surface area contributed by atoms with Crippen LogP contribution >= 0.6 is 0 Å². The molecule has 2 aromatic carbocycles. The van der Waals surface area contributed by atoms with Crippen LogP contribution in [0, 0.1) is 0 Å². The second-order valence-corrected chi connectivity index (χ2v) is 9.07. The highest BCUT2D eigenvalue weighted by atomic mass is 32.2. The molecule has 1 aliphatic heterocycles. The quantitative estimate of drug-likeness (QED) is 0.437. The van der Waals surface area contributed by atoms with Crippen molar-refractivity contribution in [3.8, 4) is 5.95 Å². The molecule has 5 rings (SSSR count). The number of para-hydroxylation sites is 2. The molecule has 0 radical (unpaired) electrons. The Balaban J connectivity index is 1.76. The maximum atomic E-state index is 13.9. The molecule has 33 heavy (non-hydrogen) atoms. The largest absolute Gasteiger partial charge is 0.378 e. The van der Waals surface area contributed by atoms with Crippen LogP contribution in [0.3, 0.4) is 0 Å². The Kier molecular flexibility index (Phi) is 5.46. The van der Waals surface area contributed by atoms with Crippen LogP contribution in [-0.4, -0.2) is 59.2 Å². The number of ether oxygens (including phenoxy) is 1. The van der Waals surface area contributed by atoms with E-state index in [1.54, 1.807) is 47.4 Å². The number of benzene rings is 2. The van der Waals surface area contributed by atoms with Crippen LogP contribution in [0.4, 0.5) is 14.7 Å². The first-order chi connectivity index (χ1) is 15.9. The molecule has 1 saturated heterocycles. The van der Waals surface area contributed by atoms with Gasteiger partial charge in [0.25, 0.3) is 11.6 Å². The number of nitrogens with zero attached hydrogens (tertiary/aromatic N) is 6. The molecular weight excluding hydrogens is 454 g/mol. The zero-order chi connectivity index (χ0) is 23.0. The van der Waals surface area contributed by atoms with Crippen LogP contribution < -0.4 is 4.90 Å². The summed E-state index contributed by atoms with van der Waals surface area (Å²) in [5.74, 6) is -0.765.